The van der Waals surface area contributed by atoms with E-state index in [0.717, 1.165) is 12.1 Å². The zero-order chi connectivity index (χ0) is 17.1. The molecule has 138 valence electrons. The third-order valence-corrected chi connectivity index (χ3v) is 7.03. The van der Waals surface area contributed by atoms with Gasteiger partial charge in [0.15, 0.2) is 0 Å². The molecule has 0 radical (unpaired) electrons. The highest BCUT2D eigenvalue weighted by Gasteiger charge is 2.31. The second kappa shape index (κ2) is 8.09. The quantitative estimate of drug-likeness (QED) is 0.884. The van der Waals surface area contributed by atoms with Crippen molar-refractivity contribution in [2.24, 2.45) is 0 Å². The fraction of sp³-hybridized carbons (Fsp3) is 0.727. The van der Waals surface area contributed by atoms with Crippen LogP contribution in [0.15, 0.2) is 24.3 Å². The van der Waals surface area contributed by atoms with Crippen molar-refractivity contribution >= 4 is 0 Å². The molecule has 1 heterocycles. The van der Waals surface area contributed by atoms with Gasteiger partial charge < -0.3 is 5.11 Å². The van der Waals surface area contributed by atoms with E-state index in [-0.39, 0.29) is 0 Å². The van der Waals surface area contributed by atoms with Gasteiger partial charge in [0.2, 0.25) is 0 Å². The van der Waals surface area contributed by atoms with E-state index < -0.39 is 0 Å². The molecular weight excluding hydrogens is 308 g/mol. The molecule has 0 spiro atoms. The maximum Gasteiger partial charge on any atom is 0.119 e. The molecule has 1 saturated heterocycles. The van der Waals surface area contributed by atoms with E-state index in [1.807, 2.05) is 12.1 Å². The lowest BCUT2D eigenvalue weighted by Gasteiger charge is -2.45. The summed E-state index contributed by atoms with van der Waals surface area (Å²) < 4.78 is 0. The number of benzene rings is 1. The average Bonchev–Trinajstić information content (AvgIpc) is 2.69. The number of aromatic hydroxyl groups is 1. The number of phenols is 1. The smallest absolute Gasteiger partial charge is 0.119 e. The number of para-hydroxylation sites is 1. The van der Waals surface area contributed by atoms with Crippen molar-refractivity contribution < 1.29 is 5.11 Å². The standard InChI is InChI=1S/C22H34N2O/c25-22-9-5-4-8-21(22)18-10-12-20(13-11-18)24-16-14-23(15-17-24)19-6-2-1-3-7-19/h4-5,8-9,18-20,25H,1-3,6-7,10-17H2. The summed E-state index contributed by atoms with van der Waals surface area (Å²) in [5.41, 5.74) is 1.17. The minimum Gasteiger partial charge on any atom is -0.508 e. The molecule has 0 aromatic heterocycles. The van der Waals surface area contributed by atoms with Gasteiger partial charge in [-0.15, -0.1) is 0 Å². The summed E-state index contributed by atoms with van der Waals surface area (Å²) in [5.74, 6) is 1.05. The molecule has 0 amide bonds. The summed E-state index contributed by atoms with van der Waals surface area (Å²) in [6.07, 6.45) is 12.3. The highest BCUT2D eigenvalue weighted by molar-refractivity contribution is 5.35. The molecule has 1 aromatic carbocycles. The van der Waals surface area contributed by atoms with Gasteiger partial charge in [-0.25, -0.2) is 0 Å². The van der Waals surface area contributed by atoms with Gasteiger partial charge in [-0.1, -0.05) is 37.5 Å². The number of hydrogen-bond acceptors (Lipinski definition) is 3. The number of rotatable bonds is 3. The molecule has 3 heteroatoms. The van der Waals surface area contributed by atoms with Crippen LogP contribution in [-0.4, -0.2) is 53.2 Å². The van der Waals surface area contributed by atoms with Crippen LogP contribution in [0.1, 0.15) is 69.3 Å². The van der Waals surface area contributed by atoms with Crippen LogP contribution in [0.4, 0.5) is 0 Å². The minimum absolute atomic E-state index is 0.493. The van der Waals surface area contributed by atoms with Crippen LogP contribution in [0.25, 0.3) is 0 Å². The Bertz CT molecular complexity index is 539. The molecule has 0 atom stereocenters. The SMILES string of the molecule is Oc1ccccc1C1CCC(N2CCN(C3CCCCC3)CC2)CC1. The Morgan fingerprint density at radius 1 is 0.680 bits per heavy atom. The lowest BCUT2D eigenvalue weighted by atomic mass is 9.80. The van der Waals surface area contributed by atoms with Gasteiger partial charge in [0.05, 0.1) is 0 Å². The Hall–Kier alpha value is -1.06. The fourth-order valence-corrected chi connectivity index (χ4v) is 5.50. The maximum atomic E-state index is 10.1. The summed E-state index contributed by atoms with van der Waals surface area (Å²) in [6, 6.07) is 9.60. The maximum absolute atomic E-state index is 10.1. The lowest BCUT2D eigenvalue weighted by Crippen LogP contribution is -2.53. The van der Waals surface area contributed by atoms with Gasteiger partial charge in [0.25, 0.3) is 0 Å². The second-order valence-electron chi connectivity index (χ2n) is 8.43. The largest absolute Gasteiger partial charge is 0.508 e. The molecule has 1 aromatic rings. The molecule has 2 aliphatic carbocycles. The first-order valence-corrected chi connectivity index (χ1v) is 10.6. The first-order chi connectivity index (χ1) is 12.3. The molecule has 25 heavy (non-hydrogen) atoms. The molecule has 4 rings (SSSR count). The van der Waals surface area contributed by atoms with Crippen molar-refractivity contribution in [1.82, 2.24) is 9.80 Å². The van der Waals surface area contributed by atoms with E-state index in [2.05, 4.69) is 21.9 Å². The minimum atomic E-state index is 0.493. The molecule has 3 aliphatic rings. The summed E-state index contributed by atoms with van der Waals surface area (Å²) in [6.45, 7) is 5.10. The molecule has 1 aliphatic heterocycles. The average molecular weight is 343 g/mol. The predicted octanol–water partition coefficient (Wildman–Crippen LogP) is 4.37. The summed E-state index contributed by atoms with van der Waals surface area (Å²) in [5, 5.41) is 10.1. The topological polar surface area (TPSA) is 26.7 Å². The van der Waals surface area contributed by atoms with Gasteiger partial charge in [0, 0.05) is 38.3 Å². The van der Waals surface area contributed by atoms with Gasteiger partial charge in [-0.2, -0.15) is 0 Å². The zero-order valence-corrected chi connectivity index (χ0v) is 15.6. The molecular formula is C22H34N2O. The van der Waals surface area contributed by atoms with E-state index >= 15 is 0 Å². The molecule has 1 N–H and O–H groups in total. The van der Waals surface area contributed by atoms with Gasteiger partial charge in [-0.05, 0) is 56.1 Å². The van der Waals surface area contributed by atoms with Crippen LogP contribution in [0, 0.1) is 0 Å². The van der Waals surface area contributed by atoms with Crippen LogP contribution in [0.2, 0.25) is 0 Å². The molecule has 0 unspecified atom stereocenters. The van der Waals surface area contributed by atoms with Crippen molar-refractivity contribution in [3.63, 3.8) is 0 Å². The van der Waals surface area contributed by atoms with Crippen molar-refractivity contribution in [3.05, 3.63) is 29.8 Å². The Labute approximate surface area is 153 Å². The van der Waals surface area contributed by atoms with Crippen molar-refractivity contribution in [1.29, 1.82) is 0 Å². The summed E-state index contributed by atoms with van der Waals surface area (Å²) >= 11 is 0. The van der Waals surface area contributed by atoms with Crippen molar-refractivity contribution in [2.75, 3.05) is 26.2 Å². The lowest BCUT2D eigenvalue weighted by molar-refractivity contribution is 0.0444. The Morgan fingerprint density at radius 2 is 1.24 bits per heavy atom. The van der Waals surface area contributed by atoms with E-state index in [0.29, 0.717) is 11.7 Å². The van der Waals surface area contributed by atoms with Crippen molar-refractivity contribution in [2.45, 2.75) is 75.8 Å². The van der Waals surface area contributed by atoms with Crippen LogP contribution < -0.4 is 0 Å². The Morgan fingerprint density at radius 3 is 1.84 bits per heavy atom. The normalized spacial score (nSPS) is 30.4. The fourth-order valence-electron chi connectivity index (χ4n) is 5.50. The molecule has 2 saturated carbocycles. The van der Waals surface area contributed by atoms with E-state index in [1.54, 1.807) is 0 Å². The van der Waals surface area contributed by atoms with Gasteiger partial charge in [-0.3, -0.25) is 9.80 Å². The second-order valence-corrected chi connectivity index (χ2v) is 8.43. The van der Waals surface area contributed by atoms with Gasteiger partial charge in [0.1, 0.15) is 5.75 Å². The third kappa shape index (κ3) is 4.03. The monoisotopic (exact) mass is 342 g/mol. The van der Waals surface area contributed by atoms with Gasteiger partial charge >= 0.3 is 0 Å². The zero-order valence-electron chi connectivity index (χ0n) is 15.6. The molecule has 0 bridgehead atoms. The van der Waals surface area contributed by atoms with Crippen LogP contribution in [0.3, 0.4) is 0 Å². The Kier molecular flexibility index (Phi) is 5.62. The summed E-state index contributed by atoms with van der Waals surface area (Å²) in [4.78, 5) is 5.55. The first kappa shape index (κ1) is 17.4. The third-order valence-electron chi connectivity index (χ3n) is 7.03. The van der Waals surface area contributed by atoms with Crippen LogP contribution >= 0.6 is 0 Å². The first-order valence-electron chi connectivity index (χ1n) is 10.6. The van der Waals surface area contributed by atoms with Crippen LogP contribution in [0.5, 0.6) is 5.75 Å². The van der Waals surface area contributed by atoms with Crippen LogP contribution in [-0.2, 0) is 0 Å². The molecule has 3 fully saturated rings. The predicted molar refractivity (Wildman–Crippen MR) is 103 cm³/mol. The van der Waals surface area contributed by atoms with E-state index in [9.17, 15) is 5.11 Å². The highest BCUT2D eigenvalue weighted by atomic mass is 16.3. The van der Waals surface area contributed by atoms with Crippen molar-refractivity contribution in [3.8, 4) is 5.75 Å². The van der Waals surface area contributed by atoms with E-state index in [4.69, 9.17) is 0 Å². The Balaban J connectivity index is 1.25. The van der Waals surface area contributed by atoms with E-state index in [1.165, 1.54) is 89.5 Å². The summed E-state index contributed by atoms with van der Waals surface area (Å²) in [7, 11) is 0. The number of phenolic OH excluding ortho intramolecular Hbond substituents is 1. The number of hydrogen-bond donors (Lipinski definition) is 1. The number of nitrogens with zero attached hydrogens (tertiary/aromatic N) is 2. The highest BCUT2D eigenvalue weighted by Crippen LogP contribution is 2.38. The molecule has 3 nitrogen and oxygen atoms in total. The number of piperazine rings is 1.